The van der Waals surface area contributed by atoms with Crippen molar-refractivity contribution in [2.45, 2.75) is 38.1 Å². The van der Waals surface area contributed by atoms with Gasteiger partial charge in [0.15, 0.2) is 0 Å². The zero-order chi connectivity index (χ0) is 22.9. The molecule has 0 radical (unpaired) electrons. The minimum atomic E-state index is -0.790. The van der Waals surface area contributed by atoms with Gasteiger partial charge in [0.05, 0.1) is 6.04 Å². The summed E-state index contributed by atoms with van der Waals surface area (Å²) < 4.78 is 0. The molecule has 4 nitrogen and oxygen atoms in total. The van der Waals surface area contributed by atoms with Crippen LogP contribution in [0.3, 0.4) is 0 Å². The Hall–Kier alpha value is -2.82. The Kier molecular flexibility index (Phi) is 6.27. The Balaban J connectivity index is 0.000000260. The maximum absolute atomic E-state index is 13.0. The van der Waals surface area contributed by atoms with Gasteiger partial charge in [0.25, 0.3) is 0 Å². The topological polar surface area (TPSA) is 58.2 Å². The Bertz CT molecular complexity index is 1180. The van der Waals surface area contributed by atoms with E-state index in [1.165, 1.54) is 5.56 Å². The van der Waals surface area contributed by atoms with E-state index >= 15 is 0 Å². The van der Waals surface area contributed by atoms with Crippen molar-refractivity contribution in [1.82, 2.24) is 5.32 Å². The fraction of sp³-hybridized carbons (Fsp3) is 0.231. The van der Waals surface area contributed by atoms with E-state index in [2.05, 4.69) is 10.6 Å². The molecule has 5 rings (SSSR count). The Morgan fingerprint density at radius 2 is 1.56 bits per heavy atom. The molecular formula is C26H24Cl2N2O2. The maximum atomic E-state index is 13.0. The summed E-state index contributed by atoms with van der Waals surface area (Å²) in [6, 6.07) is 20.8. The lowest BCUT2D eigenvalue weighted by molar-refractivity contribution is -0.130. The van der Waals surface area contributed by atoms with Crippen LogP contribution < -0.4 is 10.6 Å². The van der Waals surface area contributed by atoms with Gasteiger partial charge in [0.1, 0.15) is 5.41 Å². The number of hydrogen-bond acceptors (Lipinski definition) is 2. The lowest BCUT2D eigenvalue weighted by Gasteiger charge is -2.40. The summed E-state index contributed by atoms with van der Waals surface area (Å²) in [5.41, 5.74) is 4.10. The van der Waals surface area contributed by atoms with Crippen LogP contribution in [0.25, 0.3) is 0 Å². The molecule has 0 aliphatic carbocycles. The molecule has 3 aromatic rings. The number of amides is 2. The molecule has 2 heterocycles. The van der Waals surface area contributed by atoms with Crippen LogP contribution >= 0.6 is 23.2 Å². The highest BCUT2D eigenvalue weighted by molar-refractivity contribution is 6.31. The van der Waals surface area contributed by atoms with Gasteiger partial charge in [-0.05, 0) is 61.2 Å². The van der Waals surface area contributed by atoms with Crippen molar-refractivity contribution in [1.29, 1.82) is 0 Å². The van der Waals surface area contributed by atoms with Gasteiger partial charge in [0.2, 0.25) is 11.8 Å². The zero-order valence-electron chi connectivity index (χ0n) is 17.9. The molecule has 0 saturated carbocycles. The van der Waals surface area contributed by atoms with Crippen LogP contribution in [0, 0.1) is 13.8 Å². The normalized spacial score (nSPS) is 21.3. The fourth-order valence-corrected chi connectivity index (χ4v) is 4.95. The van der Waals surface area contributed by atoms with Gasteiger partial charge in [-0.2, -0.15) is 0 Å². The molecule has 2 aliphatic rings. The zero-order valence-corrected chi connectivity index (χ0v) is 19.4. The molecule has 1 saturated heterocycles. The van der Waals surface area contributed by atoms with Gasteiger partial charge >= 0.3 is 0 Å². The molecule has 3 aromatic carbocycles. The quantitative estimate of drug-likeness (QED) is 0.452. The van der Waals surface area contributed by atoms with Gasteiger partial charge in [-0.25, -0.2) is 0 Å². The number of carbonyl (C=O) groups excluding carboxylic acids is 2. The number of halogens is 2. The minimum absolute atomic E-state index is 0.0256. The second kappa shape index (κ2) is 8.97. The molecule has 1 fully saturated rings. The minimum Gasteiger partial charge on any atom is -0.348 e. The summed E-state index contributed by atoms with van der Waals surface area (Å²) in [5, 5.41) is 7.39. The van der Waals surface area contributed by atoms with E-state index in [1.807, 2.05) is 68.4 Å². The first-order valence-electron chi connectivity index (χ1n) is 10.5. The monoisotopic (exact) mass is 466 g/mol. The largest absolute Gasteiger partial charge is 0.348 e. The van der Waals surface area contributed by atoms with Crippen molar-refractivity contribution in [2.75, 3.05) is 5.32 Å². The van der Waals surface area contributed by atoms with Crippen LogP contribution in [0.15, 0.2) is 66.7 Å². The molecule has 0 bridgehead atoms. The summed E-state index contributed by atoms with van der Waals surface area (Å²) in [5.74, 6) is -0.103. The standard InChI is InChI=1S/C19H17ClN2O2.C7H7Cl/c1-11-3-2-4-12(9-11)17-19(8-7-16(23)22-17)14-6-5-13(20)10-15(14)21-18(19)24;1-6-3-2-4-7(8)5-6/h2-6,9-10,17H,7-8H2,1H3,(H,21,24)(H,22,23);2-5H,1H3/t17-,19-;/m1./s1. The SMILES string of the molecule is Cc1cccc(Cl)c1.Cc1cccc([C@H]2NC(=O)CC[C@]23C(=O)Nc2cc(Cl)ccc23)c1. The number of anilines is 1. The average Bonchev–Trinajstić information content (AvgIpc) is 3.01. The number of hydrogen-bond donors (Lipinski definition) is 2. The number of piperidine rings is 1. The molecule has 6 heteroatoms. The third-order valence-electron chi connectivity index (χ3n) is 6.02. The number of fused-ring (bicyclic) bond motifs is 2. The van der Waals surface area contributed by atoms with Gasteiger partial charge in [-0.15, -0.1) is 0 Å². The van der Waals surface area contributed by atoms with Gasteiger partial charge in [-0.3, -0.25) is 9.59 Å². The number of benzene rings is 3. The summed E-state index contributed by atoms with van der Waals surface area (Å²) in [4.78, 5) is 25.1. The Morgan fingerprint density at radius 1 is 0.875 bits per heavy atom. The second-order valence-corrected chi connectivity index (χ2v) is 9.20. The molecule has 0 aromatic heterocycles. The highest BCUT2D eigenvalue weighted by Gasteiger charge is 2.55. The van der Waals surface area contributed by atoms with E-state index in [9.17, 15) is 9.59 Å². The van der Waals surface area contributed by atoms with E-state index in [-0.39, 0.29) is 17.9 Å². The summed E-state index contributed by atoms with van der Waals surface area (Å²) in [6.07, 6.45) is 0.815. The number of nitrogens with one attached hydrogen (secondary N) is 2. The number of rotatable bonds is 1. The summed E-state index contributed by atoms with van der Waals surface area (Å²) in [7, 11) is 0. The van der Waals surface area contributed by atoms with E-state index < -0.39 is 5.41 Å². The predicted molar refractivity (Wildman–Crippen MR) is 129 cm³/mol. The molecule has 32 heavy (non-hydrogen) atoms. The summed E-state index contributed by atoms with van der Waals surface area (Å²) >= 11 is 11.7. The molecule has 164 valence electrons. The maximum Gasteiger partial charge on any atom is 0.237 e. The van der Waals surface area contributed by atoms with Gasteiger partial charge in [-0.1, -0.05) is 71.2 Å². The molecular weight excluding hydrogens is 443 g/mol. The molecule has 2 amide bonds. The molecule has 2 atom stereocenters. The van der Waals surface area contributed by atoms with Crippen molar-refractivity contribution in [3.63, 3.8) is 0 Å². The van der Waals surface area contributed by atoms with E-state index in [4.69, 9.17) is 23.2 Å². The number of carbonyl (C=O) groups is 2. The fourth-order valence-electron chi connectivity index (χ4n) is 4.53. The van der Waals surface area contributed by atoms with E-state index in [1.54, 1.807) is 12.1 Å². The van der Waals surface area contributed by atoms with Crippen LogP contribution in [0.5, 0.6) is 0 Å². The smallest absolute Gasteiger partial charge is 0.237 e. The first kappa shape index (κ1) is 22.4. The van der Waals surface area contributed by atoms with Crippen LogP contribution in [-0.2, 0) is 15.0 Å². The van der Waals surface area contributed by atoms with Crippen molar-refractivity contribution >= 4 is 40.7 Å². The Morgan fingerprint density at radius 3 is 2.22 bits per heavy atom. The average molecular weight is 467 g/mol. The van der Waals surface area contributed by atoms with Gasteiger partial charge in [0, 0.05) is 22.2 Å². The van der Waals surface area contributed by atoms with Crippen molar-refractivity contribution in [2.24, 2.45) is 0 Å². The van der Waals surface area contributed by atoms with Gasteiger partial charge < -0.3 is 10.6 Å². The van der Waals surface area contributed by atoms with Crippen molar-refractivity contribution in [3.8, 4) is 0 Å². The number of aryl methyl sites for hydroxylation is 2. The summed E-state index contributed by atoms with van der Waals surface area (Å²) in [6.45, 7) is 4.02. The van der Waals surface area contributed by atoms with E-state index in [0.717, 1.165) is 27.4 Å². The molecule has 2 N–H and O–H groups in total. The molecule has 0 unspecified atom stereocenters. The van der Waals surface area contributed by atoms with Crippen molar-refractivity contribution in [3.05, 3.63) is 99.0 Å². The van der Waals surface area contributed by atoms with Crippen LogP contribution in [0.2, 0.25) is 10.0 Å². The Labute approximate surface area is 197 Å². The third-order valence-corrected chi connectivity index (χ3v) is 6.49. The first-order chi connectivity index (χ1) is 15.3. The van der Waals surface area contributed by atoms with Crippen molar-refractivity contribution < 1.29 is 9.59 Å². The lowest BCUT2D eigenvalue weighted by Crippen LogP contribution is -2.52. The molecule has 1 spiro atoms. The second-order valence-electron chi connectivity index (χ2n) is 8.33. The third kappa shape index (κ3) is 4.25. The highest BCUT2D eigenvalue weighted by Crippen LogP contribution is 2.51. The highest BCUT2D eigenvalue weighted by atomic mass is 35.5. The van der Waals surface area contributed by atoms with Crippen LogP contribution in [-0.4, -0.2) is 11.8 Å². The predicted octanol–water partition coefficient (Wildman–Crippen LogP) is 6.14. The first-order valence-corrected chi connectivity index (χ1v) is 11.2. The van der Waals surface area contributed by atoms with Crippen LogP contribution in [0.1, 0.15) is 41.1 Å². The van der Waals surface area contributed by atoms with E-state index in [0.29, 0.717) is 17.9 Å². The molecule has 2 aliphatic heterocycles. The lowest BCUT2D eigenvalue weighted by atomic mass is 9.67. The van der Waals surface area contributed by atoms with Crippen LogP contribution in [0.4, 0.5) is 5.69 Å².